The van der Waals surface area contributed by atoms with Crippen molar-refractivity contribution in [3.05, 3.63) is 21.9 Å². The third-order valence-electron chi connectivity index (χ3n) is 4.66. The third kappa shape index (κ3) is 2.74. The average Bonchev–Trinajstić information content (AvgIpc) is 2.85. The molecule has 106 valence electrons. The van der Waals surface area contributed by atoms with Crippen molar-refractivity contribution >= 4 is 11.3 Å². The van der Waals surface area contributed by atoms with Gasteiger partial charge in [-0.2, -0.15) is 0 Å². The fraction of sp³-hybridized carbons (Fsp3) is 0.750. The summed E-state index contributed by atoms with van der Waals surface area (Å²) < 4.78 is 0. The third-order valence-corrected chi connectivity index (χ3v) is 6.16. The molecule has 1 aromatic heterocycles. The molecule has 2 aliphatic rings. The molecule has 2 bridgehead atoms. The summed E-state index contributed by atoms with van der Waals surface area (Å²) in [5, 5.41) is 0. The second-order valence-corrected chi connectivity index (χ2v) is 8.47. The van der Waals surface area contributed by atoms with E-state index in [2.05, 4.69) is 37.8 Å². The minimum absolute atomic E-state index is 0.284. The molecule has 1 aromatic rings. The van der Waals surface area contributed by atoms with Crippen LogP contribution in [0.2, 0.25) is 0 Å². The molecule has 2 unspecified atom stereocenters. The number of rotatable bonds is 2. The van der Waals surface area contributed by atoms with Crippen LogP contribution in [0.1, 0.15) is 56.2 Å². The monoisotopic (exact) mass is 278 g/mol. The van der Waals surface area contributed by atoms with Crippen molar-refractivity contribution in [1.29, 1.82) is 0 Å². The summed E-state index contributed by atoms with van der Waals surface area (Å²) in [6.45, 7) is 8.04. The lowest BCUT2D eigenvalue weighted by atomic mass is 9.95. The zero-order valence-electron chi connectivity index (χ0n) is 12.4. The Bertz CT molecular complexity index is 432. The minimum Gasteiger partial charge on any atom is -0.328 e. The fourth-order valence-corrected chi connectivity index (χ4v) is 4.69. The number of piperidine rings is 1. The van der Waals surface area contributed by atoms with Gasteiger partial charge in [0.25, 0.3) is 0 Å². The second kappa shape index (κ2) is 4.87. The highest BCUT2D eigenvalue weighted by Crippen LogP contribution is 2.38. The first kappa shape index (κ1) is 13.6. The van der Waals surface area contributed by atoms with E-state index in [1.54, 1.807) is 0 Å². The molecule has 19 heavy (non-hydrogen) atoms. The molecule has 2 atom stereocenters. The number of nitrogens with two attached hydrogens (primary N) is 1. The van der Waals surface area contributed by atoms with Crippen LogP contribution in [0.5, 0.6) is 0 Å². The largest absolute Gasteiger partial charge is 0.328 e. The fourth-order valence-electron chi connectivity index (χ4n) is 3.62. The van der Waals surface area contributed by atoms with Gasteiger partial charge in [0.1, 0.15) is 0 Å². The Labute approximate surface area is 121 Å². The minimum atomic E-state index is 0.284. The maximum atomic E-state index is 6.15. The summed E-state index contributed by atoms with van der Waals surface area (Å²) in [7, 11) is 0. The van der Waals surface area contributed by atoms with E-state index in [1.165, 1.54) is 35.4 Å². The maximum absolute atomic E-state index is 6.15. The Balaban J connectivity index is 1.71. The maximum Gasteiger partial charge on any atom is 0.0333 e. The molecule has 0 spiro atoms. The van der Waals surface area contributed by atoms with Gasteiger partial charge in [0.05, 0.1) is 0 Å². The molecule has 2 N–H and O–H groups in total. The molecule has 2 fully saturated rings. The zero-order chi connectivity index (χ0) is 13.6. The van der Waals surface area contributed by atoms with Gasteiger partial charge >= 0.3 is 0 Å². The lowest BCUT2D eigenvalue weighted by Gasteiger charge is -2.37. The van der Waals surface area contributed by atoms with E-state index in [9.17, 15) is 0 Å². The first-order valence-electron chi connectivity index (χ1n) is 7.54. The molecule has 3 rings (SSSR count). The molecule has 0 aromatic carbocycles. The topological polar surface area (TPSA) is 29.3 Å². The van der Waals surface area contributed by atoms with Crippen molar-refractivity contribution < 1.29 is 0 Å². The van der Waals surface area contributed by atoms with Crippen LogP contribution in [-0.2, 0) is 12.0 Å². The molecule has 3 heterocycles. The normalized spacial score (nSPS) is 31.9. The van der Waals surface area contributed by atoms with Gasteiger partial charge in [-0.3, -0.25) is 4.90 Å². The molecule has 0 aliphatic carbocycles. The summed E-state index contributed by atoms with van der Waals surface area (Å²) in [5.41, 5.74) is 6.43. The molecular formula is C16H26N2S. The van der Waals surface area contributed by atoms with Crippen molar-refractivity contribution in [3.8, 4) is 0 Å². The van der Waals surface area contributed by atoms with Crippen LogP contribution >= 0.6 is 11.3 Å². The lowest BCUT2D eigenvalue weighted by Crippen LogP contribution is -2.46. The van der Waals surface area contributed by atoms with E-state index in [4.69, 9.17) is 5.73 Å². The van der Waals surface area contributed by atoms with Gasteiger partial charge in [-0.1, -0.05) is 20.8 Å². The van der Waals surface area contributed by atoms with Crippen molar-refractivity contribution in [2.45, 2.75) is 76.5 Å². The standard InChI is InChI=1S/C16H26N2S/c1-16(2,3)15-7-6-14(19-15)10-18-12-4-5-13(18)9-11(17)8-12/h6-7,11-13H,4-5,8-10,17H2,1-3H3. The van der Waals surface area contributed by atoms with E-state index >= 15 is 0 Å². The van der Waals surface area contributed by atoms with Crippen molar-refractivity contribution in [1.82, 2.24) is 4.90 Å². The SMILES string of the molecule is CC(C)(C)c1ccc(CN2C3CCC2CC(N)C3)s1. The van der Waals surface area contributed by atoms with Crippen LogP contribution in [0.25, 0.3) is 0 Å². The van der Waals surface area contributed by atoms with Crippen LogP contribution < -0.4 is 5.73 Å². The summed E-state index contributed by atoms with van der Waals surface area (Å²) in [5.74, 6) is 0. The molecule has 3 heteroatoms. The molecule has 0 amide bonds. The Morgan fingerprint density at radius 3 is 2.37 bits per heavy atom. The number of nitrogens with zero attached hydrogens (tertiary/aromatic N) is 1. The smallest absolute Gasteiger partial charge is 0.0333 e. The van der Waals surface area contributed by atoms with E-state index in [0.29, 0.717) is 6.04 Å². The molecule has 2 saturated heterocycles. The van der Waals surface area contributed by atoms with Crippen LogP contribution in [0.3, 0.4) is 0 Å². The van der Waals surface area contributed by atoms with Crippen LogP contribution in [0.15, 0.2) is 12.1 Å². The van der Waals surface area contributed by atoms with Crippen molar-refractivity contribution in [2.75, 3.05) is 0 Å². The summed E-state index contributed by atoms with van der Waals surface area (Å²) in [6, 6.07) is 6.58. The number of hydrogen-bond acceptors (Lipinski definition) is 3. The van der Waals surface area contributed by atoms with Gasteiger partial charge in [0, 0.05) is 34.4 Å². The van der Waals surface area contributed by atoms with Gasteiger partial charge in [-0.15, -0.1) is 11.3 Å². The van der Waals surface area contributed by atoms with Gasteiger partial charge in [0.2, 0.25) is 0 Å². The second-order valence-electron chi connectivity index (χ2n) is 7.30. The number of fused-ring (bicyclic) bond motifs is 2. The Morgan fingerprint density at radius 2 is 1.84 bits per heavy atom. The Kier molecular flexibility index (Phi) is 3.48. The highest BCUT2D eigenvalue weighted by atomic mass is 32.1. The highest BCUT2D eigenvalue weighted by Gasteiger charge is 2.39. The molecule has 2 nitrogen and oxygen atoms in total. The Morgan fingerprint density at radius 1 is 1.21 bits per heavy atom. The quantitative estimate of drug-likeness (QED) is 0.897. The molecule has 0 saturated carbocycles. The summed E-state index contributed by atoms with van der Waals surface area (Å²) in [4.78, 5) is 5.75. The van der Waals surface area contributed by atoms with E-state index in [-0.39, 0.29) is 5.41 Å². The van der Waals surface area contributed by atoms with Gasteiger partial charge in [0.15, 0.2) is 0 Å². The predicted octanol–water partition coefficient (Wildman–Crippen LogP) is 3.50. The van der Waals surface area contributed by atoms with E-state index < -0.39 is 0 Å². The van der Waals surface area contributed by atoms with Gasteiger partial charge < -0.3 is 5.73 Å². The highest BCUT2D eigenvalue weighted by molar-refractivity contribution is 7.12. The van der Waals surface area contributed by atoms with Gasteiger partial charge in [-0.05, 0) is 43.2 Å². The molecular weight excluding hydrogens is 252 g/mol. The zero-order valence-corrected chi connectivity index (χ0v) is 13.2. The number of thiophene rings is 1. The van der Waals surface area contributed by atoms with Crippen molar-refractivity contribution in [3.63, 3.8) is 0 Å². The Hall–Kier alpha value is -0.380. The first-order valence-corrected chi connectivity index (χ1v) is 8.35. The summed E-state index contributed by atoms with van der Waals surface area (Å²) >= 11 is 1.99. The van der Waals surface area contributed by atoms with Gasteiger partial charge in [-0.25, -0.2) is 0 Å². The predicted molar refractivity (Wildman–Crippen MR) is 82.6 cm³/mol. The molecule has 0 radical (unpaired) electrons. The van der Waals surface area contributed by atoms with Crippen LogP contribution in [0.4, 0.5) is 0 Å². The van der Waals surface area contributed by atoms with Crippen molar-refractivity contribution in [2.24, 2.45) is 5.73 Å². The summed E-state index contributed by atoms with van der Waals surface area (Å²) in [6.07, 6.45) is 5.12. The lowest BCUT2D eigenvalue weighted by molar-refractivity contribution is 0.121. The average molecular weight is 278 g/mol. The van der Waals surface area contributed by atoms with Crippen LogP contribution in [0, 0.1) is 0 Å². The van der Waals surface area contributed by atoms with E-state index in [0.717, 1.165) is 18.6 Å². The number of hydrogen-bond donors (Lipinski definition) is 1. The molecule has 2 aliphatic heterocycles. The first-order chi connectivity index (χ1) is 8.93. The van der Waals surface area contributed by atoms with Crippen LogP contribution in [-0.4, -0.2) is 23.0 Å². The van der Waals surface area contributed by atoms with E-state index in [1.807, 2.05) is 11.3 Å².